The molecule has 33 heavy (non-hydrogen) atoms. The van der Waals surface area contributed by atoms with Crippen molar-refractivity contribution < 1.29 is 14.4 Å². The van der Waals surface area contributed by atoms with Crippen LogP contribution in [0.15, 0.2) is 18.2 Å². The van der Waals surface area contributed by atoms with E-state index in [9.17, 15) is 14.4 Å². The van der Waals surface area contributed by atoms with E-state index in [4.69, 9.17) is 0 Å². The van der Waals surface area contributed by atoms with Gasteiger partial charge >= 0.3 is 0 Å². The van der Waals surface area contributed by atoms with Gasteiger partial charge in [0, 0.05) is 30.5 Å². The summed E-state index contributed by atoms with van der Waals surface area (Å²) in [5, 5.41) is 3.70. The fourth-order valence-electron chi connectivity index (χ4n) is 6.22. The number of carbonyl (C=O) groups excluding carboxylic acids is 3. The number of nitrogens with zero attached hydrogens (tertiary/aromatic N) is 2. The van der Waals surface area contributed by atoms with Crippen molar-refractivity contribution in [1.29, 1.82) is 0 Å². The SMILES string of the molecule is CCc1c(C2CCC(=O)NC2=O)c2cccc(C3CCN(CC(=O)C4CCC4)CC3)c2n1C. The van der Waals surface area contributed by atoms with Gasteiger partial charge in [0.05, 0.1) is 18.0 Å². The number of fused-ring (bicyclic) bond motifs is 1. The molecule has 5 rings (SSSR count). The Balaban J connectivity index is 1.41. The molecule has 1 atom stereocenters. The zero-order chi connectivity index (χ0) is 23.1. The van der Waals surface area contributed by atoms with Crippen LogP contribution in [0.2, 0.25) is 0 Å². The molecule has 1 aromatic carbocycles. The zero-order valence-corrected chi connectivity index (χ0v) is 19.9. The van der Waals surface area contributed by atoms with E-state index >= 15 is 0 Å². The monoisotopic (exact) mass is 449 g/mol. The first-order valence-electron chi connectivity index (χ1n) is 12.7. The maximum absolute atomic E-state index is 12.7. The lowest BCUT2D eigenvalue weighted by Crippen LogP contribution is -2.40. The van der Waals surface area contributed by atoms with Crippen LogP contribution >= 0.6 is 0 Å². The van der Waals surface area contributed by atoms with Gasteiger partial charge in [-0.15, -0.1) is 0 Å². The van der Waals surface area contributed by atoms with Gasteiger partial charge in [-0.2, -0.15) is 0 Å². The first-order valence-corrected chi connectivity index (χ1v) is 12.7. The first kappa shape index (κ1) is 22.3. The van der Waals surface area contributed by atoms with E-state index in [1.165, 1.54) is 23.2 Å². The summed E-state index contributed by atoms with van der Waals surface area (Å²) in [5.74, 6) is 0.609. The molecule has 176 valence electrons. The van der Waals surface area contributed by atoms with E-state index in [-0.39, 0.29) is 17.7 Å². The number of piperidine rings is 2. The van der Waals surface area contributed by atoms with Crippen LogP contribution in [0.5, 0.6) is 0 Å². The maximum atomic E-state index is 12.7. The maximum Gasteiger partial charge on any atom is 0.234 e. The number of imide groups is 1. The molecular weight excluding hydrogens is 414 g/mol. The lowest BCUT2D eigenvalue weighted by molar-refractivity contribution is -0.134. The van der Waals surface area contributed by atoms with Gasteiger partial charge in [-0.05, 0) is 68.7 Å². The summed E-state index contributed by atoms with van der Waals surface area (Å²) >= 11 is 0. The fraction of sp³-hybridized carbons (Fsp3) is 0.593. The molecule has 2 amide bonds. The standard InChI is InChI=1S/C27H35N3O3/c1-3-22-25(21-10-11-24(32)28-27(21)33)20-9-5-8-19(26(20)29(22)2)17-12-14-30(15-13-17)16-23(31)18-6-4-7-18/h5,8-9,17-18,21H,3-4,6-7,10-16H2,1-2H3,(H,28,32,33). The number of Topliss-reactive ketones (excluding diaryl/α,β-unsaturated/α-hetero) is 1. The van der Waals surface area contributed by atoms with Crippen molar-refractivity contribution in [2.75, 3.05) is 19.6 Å². The van der Waals surface area contributed by atoms with Gasteiger partial charge in [-0.3, -0.25) is 24.6 Å². The summed E-state index contributed by atoms with van der Waals surface area (Å²) in [5.41, 5.74) is 4.88. The third-order valence-corrected chi connectivity index (χ3v) is 8.30. The summed E-state index contributed by atoms with van der Waals surface area (Å²) in [7, 11) is 2.12. The van der Waals surface area contributed by atoms with Gasteiger partial charge in [-0.1, -0.05) is 31.5 Å². The zero-order valence-electron chi connectivity index (χ0n) is 19.9. The highest BCUT2D eigenvalue weighted by atomic mass is 16.2. The Morgan fingerprint density at radius 1 is 1.09 bits per heavy atom. The fourth-order valence-corrected chi connectivity index (χ4v) is 6.22. The smallest absolute Gasteiger partial charge is 0.234 e. The van der Waals surface area contributed by atoms with Crippen molar-refractivity contribution >= 4 is 28.5 Å². The summed E-state index contributed by atoms with van der Waals surface area (Å²) in [6.45, 7) is 4.68. The van der Waals surface area contributed by atoms with Crippen molar-refractivity contribution in [3.05, 3.63) is 35.0 Å². The Morgan fingerprint density at radius 3 is 2.48 bits per heavy atom. The molecule has 1 aliphatic carbocycles. The number of carbonyl (C=O) groups is 3. The van der Waals surface area contributed by atoms with Crippen LogP contribution in [0.3, 0.4) is 0 Å². The van der Waals surface area contributed by atoms with Crippen molar-refractivity contribution in [3.63, 3.8) is 0 Å². The van der Waals surface area contributed by atoms with Crippen LogP contribution in [0.4, 0.5) is 0 Å². The second-order valence-electron chi connectivity index (χ2n) is 10.2. The number of hydrogen-bond donors (Lipinski definition) is 1. The normalized spacial score (nSPS) is 23.0. The first-order chi connectivity index (χ1) is 16.0. The second kappa shape index (κ2) is 9.05. The number of nitrogens with one attached hydrogen (secondary N) is 1. The summed E-state index contributed by atoms with van der Waals surface area (Å²) in [6, 6.07) is 6.51. The number of aromatic nitrogens is 1. The second-order valence-corrected chi connectivity index (χ2v) is 10.2. The Labute approximate surface area is 195 Å². The lowest BCUT2D eigenvalue weighted by Gasteiger charge is -2.34. The van der Waals surface area contributed by atoms with Crippen LogP contribution in [-0.4, -0.2) is 46.7 Å². The van der Waals surface area contributed by atoms with Crippen LogP contribution in [0.1, 0.15) is 80.5 Å². The van der Waals surface area contributed by atoms with Crippen molar-refractivity contribution in [3.8, 4) is 0 Å². The average molecular weight is 450 g/mol. The van der Waals surface area contributed by atoms with Crippen LogP contribution in [0.25, 0.3) is 10.9 Å². The molecule has 0 radical (unpaired) electrons. The number of benzene rings is 1. The number of rotatable bonds is 6. The van der Waals surface area contributed by atoms with Gasteiger partial charge in [0.25, 0.3) is 0 Å². The third kappa shape index (κ3) is 4.03. The summed E-state index contributed by atoms with van der Waals surface area (Å²) < 4.78 is 2.29. The molecule has 3 fully saturated rings. The van der Waals surface area contributed by atoms with E-state index in [0.717, 1.165) is 56.1 Å². The van der Waals surface area contributed by atoms with Crippen molar-refractivity contribution in [1.82, 2.24) is 14.8 Å². The minimum atomic E-state index is -0.268. The van der Waals surface area contributed by atoms with Gasteiger partial charge in [0.15, 0.2) is 0 Å². The number of ketones is 1. The molecule has 1 saturated carbocycles. The average Bonchev–Trinajstić information content (AvgIpc) is 3.05. The molecule has 6 heteroatoms. The van der Waals surface area contributed by atoms with E-state index in [1.807, 2.05) is 0 Å². The predicted octanol–water partition coefficient (Wildman–Crippen LogP) is 3.81. The van der Waals surface area contributed by atoms with E-state index in [2.05, 4.69) is 47.0 Å². The Hall–Kier alpha value is -2.47. The number of likely N-dealkylation sites (tertiary alicyclic amines) is 1. The molecule has 2 saturated heterocycles. The highest BCUT2D eigenvalue weighted by Crippen LogP contribution is 2.41. The lowest BCUT2D eigenvalue weighted by atomic mass is 9.81. The number of hydrogen-bond acceptors (Lipinski definition) is 4. The van der Waals surface area contributed by atoms with Gasteiger partial charge < -0.3 is 4.57 Å². The van der Waals surface area contributed by atoms with Gasteiger partial charge in [-0.25, -0.2) is 0 Å². The molecule has 0 bridgehead atoms. The summed E-state index contributed by atoms with van der Waals surface area (Å²) in [6.07, 6.45) is 7.30. The predicted molar refractivity (Wildman–Crippen MR) is 128 cm³/mol. The third-order valence-electron chi connectivity index (χ3n) is 8.30. The largest absolute Gasteiger partial charge is 0.347 e. The highest BCUT2D eigenvalue weighted by molar-refractivity contribution is 6.03. The molecule has 2 aliphatic heterocycles. The van der Waals surface area contributed by atoms with E-state index < -0.39 is 0 Å². The Morgan fingerprint density at radius 2 is 1.85 bits per heavy atom. The molecule has 0 spiro atoms. The molecule has 3 heterocycles. The number of para-hydroxylation sites is 1. The summed E-state index contributed by atoms with van der Waals surface area (Å²) in [4.78, 5) is 39.2. The Kier molecular flexibility index (Phi) is 6.12. The molecule has 1 unspecified atom stereocenters. The van der Waals surface area contributed by atoms with Crippen molar-refractivity contribution in [2.45, 2.75) is 70.1 Å². The van der Waals surface area contributed by atoms with Crippen molar-refractivity contribution in [2.24, 2.45) is 13.0 Å². The molecular formula is C27H35N3O3. The van der Waals surface area contributed by atoms with Crippen LogP contribution in [0, 0.1) is 5.92 Å². The van der Waals surface area contributed by atoms with Gasteiger partial charge in [0.2, 0.25) is 11.8 Å². The molecule has 1 aromatic heterocycles. The molecule has 6 nitrogen and oxygen atoms in total. The molecule has 3 aliphatic rings. The Bertz CT molecular complexity index is 1090. The number of amides is 2. The minimum absolute atomic E-state index is 0.164. The highest BCUT2D eigenvalue weighted by Gasteiger charge is 2.34. The number of aryl methyl sites for hydroxylation is 1. The van der Waals surface area contributed by atoms with E-state index in [1.54, 1.807) is 0 Å². The quantitative estimate of drug-likeness (QED) is 0.681. The van der Waals surface area contributed by atoms with Gasteiger partial charge in [0.1, 0.15) is 5.78 Å². The topological polar surface area (TPSA) is 71.4 Å². The van der Waals surface area contributed by atoms with E-state index in [0.29, 0.717) is 37.0 Å². The molecule has 1 N–H and O–H groups in total. The minimum Gasteiger partial charge on any atom is -0.347 e. The van der Waals surface area contributed by atoms with Crippen LogP contribution < -0.4 is 5.32 Å². The van der Waals surface area contributed by atoms with Crippen LogP contribution in [-0.2, 0) is 27.9 Å². The molecule has 2 aromatic rings.